The first-order chi connectivity index (χ1) is 11.1. The molecule has 3 rings (SSSR count). The van der Waals surface area contributed by atoms with Gasteiger partial charge in [0.15, 0.2) is 0 Å². The molecule has 1 fully saturated rings. The van der Waals surface area contributed by atoms with Crippen molar-refractivity contribution in [1.29, 1.82) is 0 Å². The van der Waals surface area contributed by atoms with Gasteiger partial charge in [0, 0.05) is 39.3 Å². The lowest BCUT2D eigenvalue weighted by molar-refractivity contribution is 0.108. The van der Waals surface area contributed by atoms with Crippen LogP contribution < -0.4 is 5.43 Å². The van der Waals surface area contributed by atoms with Crippen molar-refractivity contribution in [2.24, 2.45) is 0 Å². The van der Waals surface area contributed by atoms with Crippen LogP contribution in [-0.4, -0.2) is 59.3 Å². The first-order valence-corrected chi connectivity index (χ1v) is 7.95. The lowest BCUT2D eigenvalue weighted by Gasteiger charge is -2.34. The van der Waals surface area contributed by atoms with Crippen LogP contribution in [0.3, 0.4) is 0 Å². The van der Waals surface area contributed by atoms with Crippen LogP contribution in [0.15, 0.2) is 27.6 Å². The normalized spacial score (nSPS) is 17.0. The maximum absolute atomic E-state index is 12.1. The van der Waals surface area contributed by atoms with Gasteiger partial charge in [-0.15, -0.1) is 0 Å². The lowest BCUT2D eigenvalue weighted by Crippen LogP contribution is -2.46. The summed E-state index contributed by atoms with van der Waals surface area (Å²) in [4.78, 5) is 16.5. The number of phenols is 1. The van der Waals surface area contributed by atoms with Crippen LogP contribution in [0.25, 0.3) is 11.0 Å². The van der Waals surface area contributed by atoms with E-state index in [1.165, 1.54) is 18.4 Å². The van der Waals surface area contributed by atoms with E-state index in [9.17, 15) is 9.90 Å². The largest absolute Gasteiger partial charge is 0.507 e. The van der Waals surface area contributed by atoms with E-state index >= 15 is 0 Å². The fourth-order valence-electron chi connectivity index (χ4n) is 2.91. The molecule has 1 aromatic heterocycles. The third kappa shape index (κ3) is 3.35. The first kappa shape index (κ1) is 16.3. The number of aliphatic hydroxyl groups is 1. The van der Waals surface area contributed by atoms with E-state index in [2.05, 4.69) is 9.80 Å². The molecule has 124 valence electrons. The minimum Gasteiger partial charge on any atom is -0.507 e. The van der Waals surface area contributed by atoms with Crippen LogP contribution in [-0.2, 0) is 6.54 Å². The van der Waals surface area contributed by atoms with E-state index in [4.69, 9.17) is 21.1 Å². The van der Waals surface area contributed by atoms with Gasteiger partial charge in [0.05, 0.1) is 17.6 Å². The Morgan fingerprint density at radius 1 is 1.17 bits per heavy atom. The molecule has 0 saturated carbocycles. The molecule has 2 heterocycles. The van der Waals surface area contributed by atoms with Crippen molar-refractivity contribution in [3.05, 3.63) is 39.2 Å². The molecule has 0 bridgehead atoms. The van der Waals surface area contributed by atoms with Gasteiger partial charge in [0.1, 0.15) is 22.6 Å². The Morgan fingerprint density at radius 2 is 1.87 bits per heavy atom. The second kappa shape index (κ2) is 6.88. The summed E-state index contributed by atoms with van der Waals surface area (Å²) in [6.45, 7) is 4.72. The molecule has 0 radical (unpaired) electrons. The van der Waals surface area contributed by atoms with E-state index in [0.717, 1.165) is 26.2 Å². The molecular formula is C16H19ClN2O4. The molecule has 23 heavy (non-hydrogen) atoms. The fraction of sp³-hybridized carbons (Fsp3) is 0.438. The van der Waals surface area contributed by atoms with Crippen LogP contribution in [0.5, 0.6) is 5.75 Å². The molecule has 7 heteroatoms. The summed E-state index contributed by atoms with van der Waals surface area (Å²) in [6.07, 6.45) is 1.22. The molecule has 2 aromatic rings. The van der Waals surface area contributed by atoms with Gasteiger partial charge in [-0.05, 0) is 12.1 Å². The molecule has 1 saturated heterocycles. The van der Waals surface area contributed by atoms with Gasteiger partial charge in [0.2, 0.25) is 5.43 Å². The Labute approximate surface area is 138 Å². The third-order valence-electron chi connectivity index (χ3n) is 4.24. The van der Waals surface area contributed by atoms with Crippen LogP contribution in [0.4, 0.5) is 0 Å². The Kier molecular flexibility index (Phi) is 4.87. The van der Waals surface area contributed by atoms with Crippen molar-refractivity contribution in [1.82, 2.24) is 9.80 Å². The van der Waals surface area contributed by atoms with Crippen molar-refractivity contribution in [2.75, 3.05) is 39.3 Å². The molecule has 0 atom stereocenters. The summed E-state index contributed by atoms with van der Waals surface area (Å²) in [7, 11) is 0. The van der Waals surface area contributed by atoms with Gasteiger partial charge in [0.25, 0.3) is 0 Å². The first-order valence-electron chi connectivity index (χ1n) is 7.57. The van der Waals surface area contributed by atoms with E-state index in [-0.39, 0.29) is 22.8 Å². The van der Waals surface area contributed by atoms with Crippen molar-refractivity contribution in [3.63, 3.8) is 0 Å². The number of halogens is 1. The quantitative estimate of drug-likeness (QED) is 0.874. The van der Waals surface area contributed by atoms with Gasteiger partial charge in [-0.1, -0.05) is 11.6 Å². The minimum absolute atomic E-state index is 0.0340. The zero-order chi connectivity index (χ0) is 16.4. The molecule has 1 aliphatic rings. The van der Waals surface area contributed by atoms with E-state index in [1.54, 1.807) is 0 Å². The molecule has 0 aliphatic carbocycles. The highest BCUT2D eigenvalue weighted by Crippen LogP contribution is 2.28. The van der Waals surface area contributed by atoms with Crippen LogP contribution in [0.2, 0.25) is 5.02 Å². The molecular weight excluding hydrogens is 320 g/mol. The highest BCUT2D eigenvalue weighted by Gasteiger charge is 2.20. The number of benzene rings is 1. The zero-order valence-electron chi connectivity index (χ0n) is 12.7. The topological polar surface area (TPSA) is 77.2 Å². The smallest absolute Gasteiger partial charge is 0.211 e. The number of hydrogen-bond acceptors (Lipinski definition) is 6. The Balaban J connectivity index is 1.85. The molecule has 1 aliphatic heterocycles. The average molecular weight is 339 g/mol. The van der Waals surface area contributed by atoms with Gasteiger partial charge in [-0.2, -0.15) is 0 Å². The zero-order valence-corrected chi connectivity index (χ0v) is 13.4. The number of hydrogen-bond donors (Lipinski definition) is 2. The standard InChI is InChI=1S/C16H19ClN2O4/c17-13-10-23-16-11(15(13)22)1-2-14(21)12(16)9-19-5-3-18(4-6-19)7-8-20/h1-2,10,20-21H,3-9H2. The molecule has 0 amide bonds. The van der Waals surface area contributed by atoms with Crippen LogP contribution in [0, 0.1) is 0 Å². The number of aromatic hydroxyl groups is 1. The van der Waals surface area contributed by atoms with Crippen molar-refractivity contribution in [2.45, 2.75) is 6.54 Å². The minimum atomic E-state index is -0.290. The summed E-state index contributed by atoms with van der Waals surface area (Å²) in [5, 5.41) is 19.6. The maximum Gasteiger partial charge on any atom is 0.211 e. The predicted molar refractivity (Wildman–Crippen MR) is 88.0 cm³/mol. The fourth-order valence-corrected chi connectivity index (χ4v) is 3.06. The monoisotopic (exact) mass is 338 g/mol. The van der Waals surface area contributed by atoms with Crippen molar-refractivity contribution < 1.29 is 14.6 Å². The van der Waals surface area contributed by atoms with Gasteiger partial charge in [-0.3, -0.25) is 14.6 Å². The molecule has 6 nitrogen and oxygen atoms in total. The molecule has 2 N–H and O–H groups in total. The number of nitrogens with zero attached hydrogens (tertiary/aromatic N) is 2. The number of phenolic OH excluding ortho intramolecular Hbond substituents is 1. The second-order valence-electron chi connectivity index (χ2n) is 5.69. The van der Waals surface area contributed by atoms with Crippen LogP contribution >= 0.6 is 11.6 Å². The maximum atomic E-state index is 12.1. The summed E-state index contributed by atoms with van der Waals surface area (Å²) in [6, 6.07) is 3.04. The lowest BCUT2D eigenvalue weighted by atomic mass is 10.1. The highest BCUT2D eigenvalue weighted by molar-refractivity contribution is 6.30. The van der Waals surface area contributed by atoms with Crippen molar-refractivity contribution in [3.8, 4) is 5.75 Å². The molecule has 0 unspecified atom stereocenters. The average Bonchev–Trinajstić information content (AvgIpc) is 2.55. The van der Waals surface area contributed by atoms with Gasteiger partial charge in [-0.25, -0.2) is 0 Å². The van der Waals surface area contributed by atoms with Crippen molar-refractivity contribution >= 4 is 22.6 Å². The Bertz CT molecular complexity index is 754. The summed E-state index contributed by atoms with van der Waals surface area (Å²) in [5.41, 5.74) is 0.700. The molecule has 1 aromatic carbocycles. The summed E-state index contributed by atoms with van der Waals surface area (Å²) >= 11 is 5.81. The molecule has 0 spiro atoms. The van der Waals surface area contributed by atoms with Gasteiger partial charge >= 0.3 is 0 Å². The number of aliphatic hydroxyl groups excluding tert-OH is 1. The summed E-state index contributed by atoms with van der Waals surface area (Å²) in [5.74, 6) is 0.112. The number of fused-ring (bicyclic) bond motifs is 1. The number of β-amino-alcohol motifs (C(OH)–C–C–N with tert-alkyl or cyclic N) is 1. The summed E-state index contributed by atoms with van der Waals surface area (Å²) < 4.78 is 5.47. The van der Waals surface area contributed by atoms with E-state index < -0.39 is 0 Å². The Morgan fingerprint density at radius 3 is 2.57 bits per heavy atom. The van der Waals surface area contributed by atoms with E-state index in [0.29, 0.717) is 29.6 Å². The third-order valence-corrected chi connectivity index (χ3v) is 4.50. The Hall–Kier alpha value is -1.60. The van der Waals surface area contributed by atoms with Gasteiger partial charge < -0.3 is 14.6 Å². The van der Waals surface area contributed by atoms with Crippen LogP contribution in [0.1, 0.15) is 5.56 Å². The predicted octanol–water partition coefficient (Wildman–Crippen LogP) is 1.26. The van der Waals surface area contributed by atoms with E-state index in [1.807, 2.05) is 0 Å². The SMILES string of the molecule is O=c1c(Cl)coc2c(CN3CCN(CCO)CC3)c(O)ccc12. The second-order valence-corrected chi connectivity index (χ2v) is 6.10. The highest BCUT2D eigenvalue weighted by atomic mass is 35.5. The number of rotatable bonds is 4. The number of piperazine rings is 1.